The number of amides is 2. The summed E-state index contributed by atoms with van der Waals surface area (Å²) in [5.41, 5.74) is 2.06. The van der Waals surface area contributed by atoms with Crippen LogP contribution in [0.25, 0.3) is 11.0 Å². The van der Waals surface area contributed by atoms with Crippen molar-refractivity contribution in [3.63, 3.8) is 0 Å². The number of hydrogen-bond donors (Lipinski definition) is 1. The number of carbonyl (C=O) groups excluding carboxylic acids is 2. The summed E-state index contributed by atoms with van der Waals surface area (Å²) >= 11 is 0. The average Bonchev–Trinajstić information content (AvgIpc) is 3.72. The largest absolute Gasteiger partial charge is 0.497 e. The fourth-order valence-corrected chi connectivity index (χ4v) is 5.46. The van der Waals surface area contributed by atoms with Crippen molar-refractivity contribution in [1.82, 2.24) is 25.2 Å². The van der Waals surface area contributed by atoms with Crippen LogP contribution in [0.2, 0.25) is 0 Å². The first kappa shape index (κ1) is 26.0. The van der Waals surface area contributed by atoms with Crippen LogP contribution in [0.4, 0.5) is 0 Å². The first-order valence-corrected chi connectivity index (χ1v) is 13.3. The highest BCUT2D eigenvalue weighted by Gasteiger charge is 2.37. The Morgan fingerprint density at radius 3 is 2.66 bits per heavy atom. The van der Waals surface area contributed by atoms with Crippen molar-refractivity contribution in [3.8, 4) is 11.5 Å². The molecule has 1 aromatic heterocycles. The van der Waals surface area contributed by atoms with Gasteiger partial charge in [0.05, 0.1) is 25.8 Å². The monoisotopic (exact) mass is 521 g/mol. The molecule has 0 bridgehead atoms. The summed E-state index contributed by atoms with van der Waals surface area (Å²) in [6.07, 6.45) is 5.63. The van der Waals surface area contributed by atoms with E-state index in [1.807, 2.05) is 24.3 Å². The number of benzene rings is 2. The third-order valence-corrected chi connectivity index (χ3v) is 7.45. The highest BCUT2D eigenvalue weighted by atomic mass is 16.5. The maximum absolute atomic E-state index is 14.1. The number of para-hydroxylation sites is 1. The van der Waals surface area contributed by atoms with Gasteiger partial charge in [0.15, 0.2) is 0 Å². The highest BCUT2D eigenvalue weighted by molar-refractivity contribution is 5.90. The number of methoxy groups -OCH3 is 2. The molecule has 2 fully saturated rings. The molecule has 1 aliphatic heterocycles. The van der Waals surface area contributed by atoms with Crippen LogP contribution >= 0.6 is 0 Å². The predicted molar refractivity (Wildman–Crippen MR) is 141 cm³/mol. The lowest BCUT2D eigenvalue weighted by atomic mass is 10.0. The van der Waals surface area contributed by atoms with Crippen LogP contribution in [0.5, 0.6) is 11.5 Å². The quantitative estimate of drug-likeness (QED) is 0.436. The van der Waals surface area contributed by atoms with Crippen molar-refractivity contribution < 1.29 is 23.8 Å². The zero-order chi connectivity index (χ0) is 26.5. The summed E-state index contributed by atoms with van der Waals surface area (Å²) in [6, 6.07) is 12.0. The number of carbonyl (C=O) groups is 2. The average molecular weight is 522 g/mol. The summed E-state index contributed by atoms with van der Waals surface area (Å²) in [6.45, 7) is 0.869. The Hall–Kier alpha value is -3.66. The van der Waals surface area contributed by atoms with Crippen molar-refractivity contribution >= 4 is 22.8 Å². The van der Waals surface area contributed by atoms with Crippen molar-refractivity contribution in [2.75, 3.05) is 27.4 Å². The van der Waals surface area contributed by atoms with Gasteiger partial charge in [-0.05, 0) is 49.9 Å². The van der Waals surface area contributed by atoms with Gasteiger partial charge in [-0.25, -0.2) is 4.68 Å². The summed E-state index contributed by atoms with van der Waals surface area (Å²) in [4.78, 5) is 29.7. The van der Waals surface area contributed by atoms with E-state index in [1.165, 1.54) is 0 Å². The molecule has 3 aromatic rings. The Bertz CT molecular complexity index is 1270. The van der Waals surface area contributed by atoms with E-state index in [9.17, 15) is 9.59 Å². The number of aromatic nitrogens is 3. The minimum atomic E-state index is -0.914. The van der Waals surface area contributed by atoms with Gasteiger partial charge in [-0.15, -0.1) is 5.10 Å². The minimum absolute atomic E-state index is 0.0566. The molecule has 1 N–H and O–H groups in total. The lowest BCUT2D eigenvalue weighted by molar-refractivity contribution is -0.143. The van der Waals surface area contributed by atoms with Gasteiger partial charge in [-0.3, -0.25) is 9.59 Å². The molecule has 0 spiro atoms. The lowest BCUT2D eigenvalue weighted by Gasteiger charge is -2.34. The summed E-state index contributed by atoms with van der Waals surface area (Å²) in [5.74, 6) is 0.606. The molecule has 202 valence electrons. The molecule has 10 nitrogen and oxygen atoms in total. The normalized spacial score (nSPS) is 18.4. The van der Waals surface area contributed by atoms with Gasteiger partial charge in [-0.1, -0.05) is 30.2 Å². The Labute approximate surface area is 222 Å². The number of nitrogens with one attached hydrogen (secondary N) is 1. The fraction of sp³-hybridized carbons (Fsp3) is 0.500. The van der Waals surface area contributed by atoms with E-state index in [4.69, 9.17) is 14.2 Å². The summed E-state index contributed by atoms with van der Waals surface area (Å²) < 4.78 is 18.6. The molecule has 0 radical (unpaired) electrons. The zero-order valence-corrected chi connectivity index (χ0v) is 22.0. The van der Waals surface area contributed by atoms with Crippen LogP contribution in [0.15, 0.2) is 42.5 Å². The first-order chi connectivity index (χ1) is 18.6. The first-order valence-electron chi connectivity index (χ1n) is 13.3. The van der Waals surface area contributed by atoms with Gasteiger partial charge in [0.1, 0.15) is 29.6 Å². The molecule has 1 saturated heterocycles. The number of rotatable bonds is 10. The van der Waals surface area contributed by atoms with Crippen LogP contribution in [-0.4, -0.2) is 71.2 Å². The summed E-state index contributed by atoms with van der Waals surface area (Å²) in [7, 11) is 3.13. The molecular weight excluding hydrogens is 486 g/mol. The number of ether oxygens (including phenoxy) is 3. The van der Waals surface area contributed by atoms with Crippen LogP contribution in [0, 0.1) is 0 Å². The fourth-order valence-electron chi connectivity index (χ4n) is 5.46. The Morgan fingerprint density at radius 1 is 1.11 bits per heavy atom. The van der Waals surface area contributed by atoms with E-state index in [1.54, 1.807) is 42.0 Å². The van der Waals surface area contributed by atoms with E-state index in [0.717, 1.165) is 44.0 Å². The Morgan fingerprint density at radius 2 is 1.92 bits per heavy atom. The van der Waals surface area contributed by atoms with Crippen molar-refractivity contribution in [2.45, 2.75) is 63.3 Å². The van der Waals surface area contributed by atoms with Crippen LogP contribution in [0.3, 0.4) is 0 Å². The molecule has 2 aromatic carbocycles. The van der Waals surface area contributed by atoms with Crippen molar-refractivity contribution in [1.29, 1.82) is 0 Å². The maximum atomic E-state index is 14.1. The minimum Gasteiger partial charge on any atom is -0.497 e. The van der Waals surface area contributed by atoms with Crippen molar-refractivity contribution in [3.05, 3.63) is 48.0 Å². The number of nitrogens with zero attached hydrogens (tertiary/aromatic N) is 4. The molecule has 1 aliphatic carbocycles. The topological polar surface area (TPSA) is 108 Å². The SMILES string of the molecule is COc1ccc([C@@H](C(=O)NC2CCCC2)N(C[C@H]2CCCO2)C(=O)Cn2nnc3ccccc32)c(OC)c1. The van der Waals surface area contributed by atoms with Gasteiger partial charge in [0.2, 0.25) is 11.8 Å². The third kappa shape index (κ3) is 5.60. The van der Waals surface area contributed by atoms with Gasteiger partial charge >= 0.3 is 0 Å². The van der Waals surface area contributed by atoms with Crippen LogP contribution in [0.1, 0.15) is 50.1 Å². The molecule has 2 amide bonds. The third-order valence-electron chi connectivity index (χ3n) is 7.45. The predicted octanol–water partition coefficient (Wildman–Crippen LogP) is 3.26. The Kier molecular flexibility index (Phi) is 8.07. The van der Waals surface area contributed by atoms with Crippen LogP contribution in [-0.2, 0) is 20.9 Å². The number of fused-ring (bicyclic) bond motifs is 1. The molecule has 0 unspecified atom stereocenters. The zero-order valence-electron chi connectivity index (χ0n) is 22.0. The molecular formula is C28H35N5O5. The van der Waals surface area contributed by atoms with Crippen molar-refractivity contribution in [2.24, 2.45) is 0 Å². The van der Waals surface area contributed by atoms with Crippen LogP contribution < -0.4 is 14.8 Å². The maximum Gasteiger partial charge on any atom is 0.247 e. The second kappa shape index (κ2) is 11.8. The molecule has 5 rings (SSSR count). The molecule has 2 atom stereocenters. The van der Waals surface area contributed by atoms with Gasteiger partial charge in [-0.2, -0.15) is 0 Å². The number of hydrogen-bond acceptors (Lipinski definition) is 7. The molecule has 1 saturated carbocycles. The van der Waals surface area contributed by atoms with E-state index < -0.39 is 6.04 Å². The molecule has 38 heavy (non-hydrogen) atoms. The van der Waals surface area contributed by atoms with E-state index in [-0.39, 0.29) is 37.0 Å². The smallest absolute Gasteiger partial charge is 0.247 e. The second-order valence-electron chi connectivity index (χ2n) is 9.92. The van der Waals surface area contributed by atoms with E-state index in [2.05, 4.69) is 15.6 Å². The molecule has 10 heteroatoms. The van der Waals surface area contributed by atoms with Gasteiger partial charge in [0.25, 0.3) is 0 Å². The lowest BCUT2D eigenvalue weighted by Crippen LogP contribution is -2.49. The van der Waals surface area contributed by atoms with Gasteiger partial charge < -0.3 is 24.4 Å². The second-order valence-corrected chi connectivity index (χ2v) is 9.92. The standard InChI is InChI=1S/C28H35N5O5/c1-36-20-13-14-22(25(16-20)37-2)27(28(35)29-19-8-3-4-9-19)32(17-21-10-7-15-38-21)26(34)18-33-24-12-6-5-11-23(24)30-31-33/h5-6,11-14,16,19,21,27H,3-4,7-10,15,17-18H2,1-2H3,(H,29,35)/t21-,27+/m1/s1. The van der Waals surface area contributed by atoms with E-state index in [0.29, 0.717) is 29.2 Å². The summed E-state index contributed by atoms with van der Waals surface area (Å²) in [5, 5.41) is 11.6. The molecule has 2 heterocycles. The Balaban J connectivity index is 1.53. The van der Waals surface area contributed by atoms with Gasteiger partial charge in [0, 0.05) is 30.8 Å². The molecule has 2 aliphatic rings. The van der Waals surface area contributed by atoms with E-state index >= 15 is 0 Å². The highest BCUT2D eigenvalue weighted by Crippen LogP contribution is 2.35.